The molecule has 1 aliphatic heterocycles. The topological polar surface area (TPSA) is 79.7 Å². The van der Waals surface area contributed by atoms with Crippen LogP contribution in [0.5, 0.6) is 5.88 Å². The number of aromatic nitrogens is 3. The van der Waals surface area contributed by atoms with Crippen LogP contribution in [-0.2, 0) is 4.79 Å². The number of hydrogen-bond donors (Lipinski definition) is 1. The number of likely N-dealkylation sites (tertiary alicyclic amines) is 1. The highest BCUT2D eigenvalue weighted by Gasteiger charge is 2.15. The standard InChI is InChI=1S/C20H24N4O3/c25-18(23-11-3-1-4-12-23)8-2-5-14-27-17-10-9-15-19(22-17)24-13-6-7-16(24)20(26)21-15/h6-7,9-10,13H,1-5,8,11-12,14H2,(H,21,26). The van der Waals surface area contributed by atoms with Crippen molar-refractivity contribution in [3.05, 3.63) is 40.8 Å². The fourth-order valence-corrected chi connectivity index (χ4v) is 3.59. The summed E-state index contributed by atoms with van der Waals surface area (Å²) in [5, 5.41) is 0. The Balaban J connectivity index is 1.32. The van der Waals surface area contributed by atoms with Gasteiger partial charge in [-0.3, -0.25) is 14.0 Å². The zero-order valence-corrected chi connectivity index (χ0v) is 15.3. The Hall–Kier alpha value is -2.83. The zero-order valence-electron chi connectivity index (χ0n) is 15.3. The van der Waals surface area contributed by atoms with Crippen molar-refractivity contribution >= 4 is 22.6 Å². The van der Waals surface area contributed by atoms with Crippen molar-refractivity contribution in [3.8, 4) is 5.88 Å². The molecule has 1 amide bonds. The van der Waals surface area contributed by atoms with Gasteiger partial charge < -0.3 is 14.6 Å². The monoisotopic (exact) mass is 368 g/mol. The zero-order chi connectivity index (χ0) is 18.6. The van der Waals surface area contributed by atoms with E-state index in [9.17, 15) is 9.59 Å². The smallest absolute Gasteiger partial charge is 0.272 e. The molecule has 3 aromatic heterocycles. The van der Waals surface area contributed by atoms with Crippen molar-refractivity contribution in [2.24, 2.45) is 0 Å². The summed E-state index contributed by atoms with van der Waals surface area (Å²) in [6.45, 7) is 2.34. The number of fused-ring (bicyclic) bond motifs is 3. The highest BCUT2D eigenvalue weighted by atomic mass is 16.5. The number of rotatable bonds is 6. The Labute approximate surface area is 157 Å². The lowest BCUT2D eigenvalue weighted by atomic mass is 10.1. The van der Waals surface area contributed by atoms with Gasteiger partial charge in [0.2, 0.25) is 11.8 Å². The summed E-state index contributed by atoms with van der Waals surface area (Å²) in [4.78, 5) is 33.5. The molecule has 1 saturated heterocycles. The van der Waals surface area contributed by atoms with Gasteiger partial charge in [-0.05, 0) is 50.3 Å². The summed E-state index contributed by atoms with van der Waals surface area (Å²) in [6.07, 6.45) is 7.52. The van der Waals surface area contributed by atoms with E-state index in [-0.39, 0.29) is 11.5 Å². The van der Waals surface area contributed by atoms with Gasteiger partial charge in [0.15, 0.2) is 5.65 Å². The summed E-state index contributed by atoms with van der Waals surface area (Å²) in [5.74, 6) is 0.782. The molecule has 3 aromatic rings. The lowest BCUT2D eigenvalue weighted by Crippen LogP contribution is -2.35. The van der Waals surface area contributed by atoms with Gasteiger partial charge >= 0.3 is 0 Å². The predicted molar refractivity (Wildman–Crippen MR) is 103 cm³/mol. The Kier molecular flexibility index (Phi) is 5.09. The first-order valence-electron chi connectivity index (χ1n) is 9.63. The minimum atomic E-state index is -0.138. The quantitative estimate of drug-likeness (QED) is 0.679. The van der Waals surface area contributed by atoms with Gasteiger partial charge in [0.25, 0.3) is 5.56 Å². The minimum Gasteiger partial charge on any atom is -0.478 e. The molecule has 1 N–H and O–H groups in total. The SMILES string of the molecule is O=C(CCCCOc1ccc2[nH]c(=O)c3cccn3c2n1)N1CCCCC1. The number of amides is 1. The molecule has 7 heteroatoms. The molecular weight excluding hydrogens is 344 g/mol. The van der Waals surface area contributed by atoms with Gasteiger partial charge in [-0.1, -0.05) is 0 Å². The molecule has 27 heavy (non-hydrogen) atoms. The van der Waals surface area contributed by atoms with Crippen LogP contribution in [0.1, 0.15) is 38.5 Å². The van der Waals surface area contributed by atoms with Crippen molar-refractivity contribution in [1.82, 2.24) is 19.3 Å². The van der Waals surface area contributed by atoms with Crippen LogP contribution < -0.4 is 10.3 Å². The molecule has 0 spiro atoms. The van der Waals surface area contributed by atoms with E-state index in [2.05, 4.69) is 9.97 Å². The number of piperidine rings is 1. The second kappa shape index (κ2) is 7.82. The number of hydrogen-bond acceptors (Lipinski definition) is 4. The number of carbonyl (C=O) groups is 1. The first-order valence-corrected chi connectivity index (χ1v) is 9.63. The van der Waals surface area contributed by atoms with E-state index in [0.29, 0.717) is 35.6 Å². The fraction of sp³-hybridized carbons (Fsp3) is 0.450. The Morgan fingerprint density at radius 3 is 2.85 bits per heavy atom. The number of unbranched alkanes of at least 4 members (excludes halogenated alkanes) is 1. The van der Waals surface area contributed by atoms with Crippen LogP contribution in [0.15, 0.2) is 35.3 Å². The molecule has 4 heterocycles. The largest absolute Gasteiger partial charge is 0.478 e. The molecule has 0 aromatic carbocycles. The van der Waals surface area contributed by atoms with Crippen molar-refractivity contribution in [3.63, 3.8) is 0 Å². The summed E-state index contributed by atoms with van der Waals surface area (Å²) in [6, 6.07) is 7.14. The maximum atomic E-state index is 12.1. The van der Waals surface area contributed by atoms with Crippen LogP contribution in [0.2, 0.25) is 0 Å². The fourth-order valence-electron chi connectivity index (χ4n) is 3.59. The Morgan fingerprint density at radius 1 is 1.15 bits per heavy atom. The average Bonchev–Trinajstić information content (AvgIpc) is 3.19. The minimum absolute atomic E-state index is 0.138. The number of ether oxygens (including phenoxy) is 1. The number of aromatic amines is 1. The van der Waals surface area contributed by atoms with Crippen molar-refractivity contribution in [2.45, 2.75) is 38.5 Å². The van der Waals surface area contributed by atoms with Crippen molar-refractivity contribution < 1.29 is 9.53 Å². The van der Waals surface area contributed by atoms with Crippen LogP contribution >= 0.6 is 0 Å². The van der Waals surface area contributed by atoms with Gasteiger partial charge in [-0.15, -0.1) is 0 Å². The normalized spacial score (nSPS) is 14.7. The Bertz CT molecular complexity index is 1000. The Morgan fingerprint density at radius 2 is 2.00 bits per heavy atom. The lowest BCUT2D eigenvalue weighted by molar-refractivity contribution is -0.132. The molecule has 142 valence electrons. The number of nitrogens with zero attached hydrogens (tertiary/aromatic N) is 3. The number of pyridine rings is 1. The third kappa shape index (κ3) is 3.82. The lowest BCUT2D eigenvalue weighted by Gasteiger charge is -2.26. The molecule has 0 bridgehead atoms. The third-order valence-corrected chi connectivity index (χ3v) is 5.05. The van der Waals surface area contributed by atoms with E-state index in [1.807, 2.05) is 17.2 Å². The van der Waals surface area contributed by atoms with E-state index < -0.39 is 0 Å². The first kappa shape index (κ1) is 17.6. The van der Waals surface area contributed by atoms with Crippen LogP contribution in [0, 0.1) is 0 Å². The van der Waals surface area contributed by atoms with E-state index >= 15 is 0 Å². The van der Waals surface area contributed by atoms with Crippen LogP contribution in [0.4, 0.5) is 0 Å². The second-order valence-electron chi connectivity index (χ2n) is 6.99. The molecule has 0 unspecified atom stereocenters. The maximum absolute atomic E-state index is 12.1. The summed E-state index contributed by atoms with van der Waals surface area (Å²) < 4.78 is 7.52. The highest BCUT2D eigenvalue weighted by Crippen LogP contribution is 2.16. The maximum Gasteiger partial charge on any atom is 0.272 e. The molecule has 0 saturated carbocycles. The van der Waals surface area contributed by atoms with Gasteiger partial charge in [-0.2, -0.15) is 4.98 Å². The number of nitrogens with one attached hydrogen (secondary N) is 1. The summed E-state index contributed by atoms with van der Waals surface area (Å²) >= 11 is 0. The first-order chi connectivity index (χ1) is 13.2. The number of H-pyrrole nitrogens is 1. The third-order valence-electron chi connectivity index (χ3n) is 5.05. The van der Waals surface area contributed by atoms with Crippen LogP contribution in [-0.4, -0.2) is 44.9 Å². The summed E-state index contributed by atoms with van der Waals surface area (Å²) in [5.41, 5.74) is 1.75. The van der Waals surface area contributed by atoms with E-state index in [1.54, 1.807) is 22.6 Å². The summed E-state index contributed by atoms with van der Waals surface area (Å²) in [7, 11) is 0. The molecule has 1 fully saturated rings. The number of carbonyl (C=O) groups excluding carboxylic acids is 1. The molecule has 0 aliphatic carbocycles. The molecule has 7 nitrogen and oxygen atoms in total. The van der Waals surface area contributed by atoms with Gasteiger partial charge in [0, 0.05) is 31.8 Å². The van der Waals surface area contributed by atoms with E-state index in [0.717, 1.165) is 38.8 Å². The van der Waals surface area contributed by atoms with Gasteiger partial charge in [0.05, 0.1) is 12.1 Å². The second-order valence-corrected chi connectivity index (χ2v) is 6.99. The van der Waals surface area contributed by atoms with Crippen LogP contribution in [0.3, 0.4) is 0 Å². The molecule has 0 radical (unpaired) electrons. The molecule has 4 rings (SSSR count). The van der Waals surface area contributed by atoms with Crippen molar-refractivity contribution in [2.75, 3.05) is 19.7 Å². The van der Waals surface area contributed by atoms with Gasteiger partial charge in [0.1, 0.15) is 5.52 Å². The van der Waals surface area contributed by atoms with Crippen LogP contribution in [0.25, 0.3) is 16.7 Å². The van der Waals surface area contributed by atoms with Gasteiger partial charge in [-0.25, -0.2) is 0 Å². The van der Waals surface area contributed by atoms with E-state index in [4.69, 9.17) is 4.74 Å². The average molecular weight is 368 g/mol. The van der Waals surface area contributed by atoms with Crippen molar-refractivity contribution in [1.29, 1.82) is 0 Å². The highest BCUT2D eigenvalue weighted by molar-refractivity contribution is 5.76. The predicted octanol–water partition coefficient (Wildman–Crippen LogP) is 2.74. The molecule has 1 aliphatic rings. The molecule has 0 atom stereocenters. The van der Waals surface area contributed by atoms with E-state index in [1.165, 1.54) is 6.42 Å². The molecular formula is C20H24N4O3.